The molecule has 0 saturated carbocycles. The van der Waals surface area contributed by atoms with Gasteiger partial charge in [0.25, 0.3) is 0 Å². The lowest BCUT2D eigenvalue weighted by molar-refractivity contribution is -0.00873. The van der Waals surface area contributed by atoms with Gasteiger partial charge in [-0.15, -0.1) is 0 Å². The van der Waals surface area contributed by atoms with Gasteiger partial charge in [-0.1, -0.05) is 18.2 Å². The Morgan fingerprint density at radius 2 is 2.11 bits per heavy atom. The lowest BCUT2D eigenvalue weighted by Gasteiger charge is -2.32. The Bertz CT molecular complexity index is 1530. The van der Waals surface area contributed by atoms with Crippen molar-refractivity contribution in [2.24, 2.45) is 0 Å². The van der Waals surface area contributed by atoms with E-state index < -0.39 is 5.62 Å². The number of halogens is 1. The first kappa shape index (κ1) is 23.8. The standard InChI is InChI=1S/C26H26BFN6O2/c1-15-10-16(26(27,35)33(2)3)4-5-18(15)21-13-31-25(34-14-17(11-29)32-24(21)34)30-12-20-19-8-9-36-23(19)7-6-22(20)28/h4-7,10,13-14,35H,8-9,12,27H2,1-3H3,(H,30,31). The van der Waals surface area contributed by atoms with Crippen molar-refractivity contribution >= 4 is 19.4 Å². The predicted octanol–water partition coefficient (Wildman–Crippen LogP) is 2.56. The first-order chi connectivity index (χ1) is 17.2. The summed E-state index contributed by atoms with van der Waals surface area (Å²) in [6.07, 6.45) is 3.97. The largest absolute Gasteiger partial charge is 0.493 e. The molecule has 8 nitrogen and oxygen atoms in total. The number of hydrogen-bond acceptors (Lipinski definition) is 7. The minimum Gasteiger partial charge on any atom is -0.493 e. The molecule has 0 bridgehead atoms. The van der Waals surface area contributed by atoms with Crippen LogP contribution in [0.5, 0.6) is 5.75 Å². The molecule has 0 aliphatic carbocycles. The number of ether oxygens (including phenoxy) is 1. The second kappa shape index (κ2) is 8.93. The van der Waals surface area contributed by atoms with Gasteiger partial charge < -0.3 is 15.2 Å². The summed E-state index contributed by atoms with van der Waals surface area (Å²) in [4.78, 5) is 10.9. The van der Waals surface area contributed by atoms with Crippen molar-refractivity contribution in [3.05, 3.63) is 76.5 Å². The van der Waals surface area contributed by atoms with Crippen molar-refractivity contribution < 1.29 is 14.2 Å². The summed E-state index contributed by atoms with van der Waals surface area (Å²) in [6.45, 7) is 2.72. The molecule has 1 aliphatic rings. The Hall–Kier alpha value is -3.94. The van der Waals surface area contributed by atoms with Crippen molar-refractivity contribution in [3.8, 4) is 22.9 Å². The topological polar surface area (TPSA) is 98.7 Å². The lowest BCUT2D eigenvalue weighted by atomic mass is 9.81. The number of rotatable bonds is 6. The number of nitrogens with zero attached hydrogens (tertiary/aromatic N) is 5. The molecule has 2 aromatic carbocycles. The summed E-state index contributed by atoms with van der Waals surface area (Å²) in [5.41, 5.74) is 4.42. The molecule has 1 unspecified atom stereocenters. The number of fused-ring (bicyclic) bond motifs is 2. The molecular formula is C26H26BFN6O2. The van der Waals surface area contributed by atoms with Crippen LogP contribution in [0.15, 0.2) is 42.7 Å². The molecule has 36 heavy (non-hydrogen) atoms. The van der Waals surface area contributed by atoms with E-state index in [1.54, 1.807) is 35.6 Å². The number of hydrogen-bond donors (Lipinski definition) is 2. The number of aromatic nitrogens is 3. The third-order valence-electron chi connectivity index (χ3n) is 6.90. The van der Waals surface area contributed by atoms with Crippen molar-refractivity contribution in [1.82, 2.24) is 19.3 Å². The molecule has 4 aromatic rings. The van der Waals surface area contributed by atoms with Crippen LogP contribution in [0.3, 0.4) is 0 Å². The number of anilines is 1. The van der Waals surface area contributed by atoms with Crippen LogP contribution in [0.1, 0.15) is 27.9 Å². The van der Waals surface area contributed by atoms with E-state index in [0.717, 1.165) is 27.8 Å². The van der Waals surface area contributed by atoms with E-state index in [0.29, 0.717) is 35.9 Å². The SMILES string of the molecule is BC(O)(c1ccc(-c2cnc(NCc3c(F)ccc4c3CCO4)n3cc(C#N)nc23)c(C)c1)N(C)C. The minimum atomic E-state index is -1.12. The summed E-state index contributed by atoms with van der Waals surface area (Å²) in [7, 11) is 5.38. The molecule has 0 radical (unpaired) electrons. The molecular weight excluding hydrogens is 458 g/mol. The molecule has 182 valence electrons. The number of aliphatic hydroxyl groups is 1. The predicted molar refractivity (Wildman–Crippen MR) is 137 cm³/mol. The van der Waals surface area contributed by atoms with E-state index in [-0.39, 0.29) is 18.1 Å². The molecule has 0 amide bonds. The number of nitriles is 1. The van der Waals surface area contributed by atoms with Crippen LogP contribution in [0.2, 0.25) is 0 Å². The zero-order valence-electron chi connectivity index (χ0n) is 20.6. The van der Waals surface area contributed by atoms with E-state index in [4.69, 9.17) is 4.74 Å². The highest BCUT2D eigenvalue weighted by molar-refractivity contribution is 6.14. The van der Waals surface area contributed by atoms with Gasteiger partial charge in [-0.2, -0.15) is 5.26 Å². The maximum atomic E-state index is 14.6. The zero-order valence-corrected chi connectivity index (χ0v) is 20.6. The van der Waals surface area contributed by atoms with Crippen LogP contribution in [0.25, 0.3) is 16.8 Å². The Morgan fingerprint density at radius 1 is 1.31 bits per heavy atom. The molecule has 0 spiro atoms. The normalized spacial score (nSPS) is 14.4. The van der Waals surface area contributed by atoms with Gasteiger partial charge in [0, 0.05) is 35.9 Å². The summed E-state index contributed by atoms with van der Waals surface area (Å²) >= 11 is 0. The molecule has 0 saturated heterocycles. The van der Waals surface area contributed by atoms with Crippen molar-refractivity contribution in [1.29, 1.82) is 5.26 Å². The summed E-state index contributed by atoms with van der Waals surface area (Å²) in [5.74, 6) is 0.860. The fourth-order valence-electron chi connectivity index (χ4n) is 4.54. The third-order valence-corrected chi connectivity index (χ3v) is 6.90. The van der Waals surface area contributed by atoms with Crippen LogP contribution in [0.4, 0.5) is 10.3 Å². The van der Waals surface area contributed by atoms with Gasteiger partial charge in [0.1, 0.15) is 23.3 Å². The van der Waals surface area contributed by atoms with E-state index in [2.05, 4.69) is 21.4 Å². The molecule has 2 aromatic heterocycles. The average molecular weight is 484 g/mol. The van der Waals surface area contributed by atoms with Gasteiger partial charge in [0.05, 0.1) is 12.8 Å². The summed E-state index contributed by atoms with van der Waals surface area (Å²) in [5, 5.41) is 23.6. The summed E-state index contributed by atoms with van der Waals surface area (Å²) < 4.78 is 21.9. The highest BCUT2D eigenvalue weighted by atomic mass is 19.1. The van der Waals surface area contributed by atoms with Gasteiger partial charge in [-0.05, 0) is 49.8 Å². The fourth-order valence-corrected chi connectivity index (χ4v) is 4.54. The second-order valence-corrected chi connectivity index (χ2v) is 9.33. The second-order valence-electron chi connectivity index (χ2n) is 9.33. The number of nitrogens with one attached hydrogen (secondary N) is 1. The lowest BCUT2D eigenvalue weighted by Crippen LogP contribution is -2.41. The highest BCUT2D eigenvalue weighted by Crippen LogP contribution is 2.33. The van der Waals surface area contributed by atoms with Crippen LogP contribution in [0, 0.1) is 24.1 Å². The molecule has 10 heteroatoms. The Balaban J connectivity index is 1.53. The van der Waals surface area contributed by atoms with E-state index in [1.165, 1.54) is 6.07 Å². The Morgan fingerprint density at radius 3 is 2.83 bits per heavy atom. The maximum absolute atomic E-state index is 14.6. The molecule has 1 aliphatic heterocycles. The fraction of sp³-hybridized carbons (Fsp3) is 0.269. The quantitative estimate of drug-likeness (QED) is 0.321. The van der Waals surface area contributed by atoms with E-state index in [9.17, 15) is 14.8 Å². The van der Waals surface area contributed by atoms with Crippen molar-refractivity contribution in [2.75, 3.05) is 26.0 Å². The molecule has 0 fully saturated rings. The van der Waals surface area contributed by atoms with Gasteiger partial charge >= 0.3 is 0 Å². The zero-order chi connectivity index (χ0) is 25.6. The van der Waals surface area contributed by atoms with E-state index in [1.807, 2.05) is 39.2 Å². The van der Waals surface area contributed by atoms with Crippen LogP contribution in [-0.4, -0.2) is 52.9 Å². The highest BCUT2D eigenvalue weighted by Gasteiger charge is 2.26. The monoisotopic (exact) mass is 484 g/mol. The minimum absolute atomic E-state index is 0.215. The molecule has 5 rings (SSSR count). The van der Waals surface area contributed by atoms with Gasteiger partial charge in [-0.25, -0.2) is 14.4 Å². The maximum Gasteiger partial charge on any atom is 0.208 e. The molecule has 1 atom stereocenters. The van der Waals surface area contributed by atoms with Gasteiger partial charge in [0.2, 0.25) is 5.95 Å². The Kier molecular flexibility index (Phi) is 5.90. The molecule has 3 heterocycles. The first-order valence-electron chi connectivity index (χ1n) is 11.7. The Labute approximate surface area is 209 Å². The van der Waals surface area contributed by atoms with Crippen LogP contribution >= 0.6 is 0 Å². The van der Waals surface area contributed by atoms with Crippen LogP contribution in [-0.2, 0) is 18.6 Å². The number of benzene rings is 2. The number of aryl methyl sites for hydroxylation is 1. The molecule has 2 N–H and O–H groups in total. The van der Waals surface area contributed by atoms with Crippen molar-refractivity contribution in [2.45, 2.75) is 25.5 Å². The summed E-state index contributed by atoms with van der Waals surface area (Å²) in [6, 6.07) is 10.9. The average Bonchev–Trinajstić information content (AvgIpc) is 3.51. The van der Waals surface area contributed by atoms with Crippen molar-refractivity contribution in [3.63, 3.8) is 0 Å². The van der Waals surface area contributed by atoms with Crippen LogP contribution < -0.4 is 10.1 Å². The number of imidazole rings is 1. The first-order valence-corrected chi connectivity index (χ1v) is 11.7. The third kappa shape index (κ3) is 3.96. The van der Waals surface area contributed by atoms with Gasteiger partial charge in [0.15, 0.2) is 19.2 Å². The smallest absolute Gasteiger partial charge is 0.208 e. The van der Waals surface area contributed by atoms with Gasteiger partial charge in [-0.3, -0.25) is 9.30 Å². The van der Waals surface area contributed by atoms with E-state index >= 15 is 0 Å².